The van der Waals surface area contributed by atoms with Crippen molar-refractivity contribution >= 4 is 47.8 Å². The first-order chi connectivity index (χ1) is 16.8. The molecule has 35 heavy (non-hydrogen) atoms. The topological polar surface area (TPSA) is 57.7 Å². The summed E-state index contributed by atoms with van der Waals surface area (Å²) in [5, 5.41) is 0. The second-order valence-corrected chi connectivity index (χ2v) is 12.1. The molecule has 0 saturated carbocycles. The largest absolute Gasteiger partial charge is 0.340 e. The summed E-state index contributed by atoms with van der Waals surface area (Å²) in [6.45, 7) is 0.766. The van der Waals surface area contributed by atoms with E-state index in [0.29, 0.717) is 12.8 Å². The van der Waals surface area contributed by atoms with Crippen LogP contribution in [0.3, 0.4) is 0 Å². The highest BCUT2D eigenvalue weighted by atomic mass is 79.9. The Morgan fingerprint density at radius 3 is 1.80 bits per heavy atom. The standard InChI is InChI=1S/C26H25Br2FN2O3S/c27-22-9-3-1-7-19(22)17-21(18-20-8-2-4-10-23(20)28)26(32)30-13-15-31(16-14-30)35(33,34)25-12-6-5-11-24(25)29/h1-12,21H,13-18H2. The second-order valence-electron chi connectivity index (χ2n) is 8.45. The van der Waals surface area contributed by atoms with Gasteiger partial charge in [0.05, 0.1) is 0 Å². The number of amides is 1. The minimum Gasteiger partial charge on any atom is -0.340 e. The number of halogens is 3. The summed E-state index contributed by atoms with van der Waals surface area (Å²) in [6, 6.07) is 21.1. The van der Waals surface area contributed by atoms with E-state index in [2.05, 4.69) is 31.9 Å². The summed E-state index contributed by atoms with van der Waals surface area (Å²) in [5.74, 6) is -1.10. The number of sulfonamides is 1. The Hall–Kier alpha value is -2.07. The van der Waals surface area contributed by atoms with Gasteiger partial charge in [-0.05, 0) is 48.2 Å². The molecule has 0 N–H and O–H groups in total. The number of nitrogens with zero attached hydrogens (tertiary/aromatic N) is 2. The van der Waals surface area contributed by atoms with Crippen LogP contribution < -0.4 is 0 Å². The highest BCUT2D eigenvalue weighted by Crippen LogP contribution is 2.27. The van der Waals surface area contributed by atoms with Gasteiger partial charge in [-0.1, -0.05) is 80.4 Å². The zero-order chi connectivity index (χ0) is 25.0. The molecule has 0 atom stereocenters. The molecule has 5 nitrogen and oxygen atoms in total. The van der Waals surface area contributed by atoms with Crippen molar-refractivity contribution in [1.29, 1.82) is 0 Å². The molecule has 9 heteroatoms. The molecular weight excluding hydrogens is 599 g/mol. The van der Waals surface area contributed by atoms with E-state index in [1.165, 1.54) is 22.5 Å². The van der Waals surface area contributed by atoms with Crippen molar-refractivity contribution in [3.05, 3.63) is 98.7 Å². The van der Waals surface area contributed by atoms with Crippen LogP contribution in [-0.4, -0.2) is 49.7 Å². The Labute approximate surface area is 222 Å². The normalized spacial score (nSPS) is 14.9. The van der Waals surface area contributed by atoms with Crippen LogP contribution >= 0.6 is 31.9 Å². The van der Waals surface area contributed by atoms with E-state index >= 15 is 0 Å². The SMILES string of the molecule is O=C(C(Cc1ccccc1Br)Cc1ccccc1Br)N1CCN(S(=O)(=O)c2ccccc2F)CC1. The van der Waals surface area contributed by atoms with Gasteiger partial charge in [0, 0.05) is 41.0 Å². The number of piperazine rings is 1. The fourth-order valence-corrected chi connectivity index (χ4v) is 6.69. The summed E-state index contributed by atoms with van der Waals surface area (Å²) in [7, 11) is -3.96. The van der Waals surface area contributed by atoms with Crippen molar-refractivity contribution in [2.45, 2.75) is 17.7 Å². The average Bonchev–Trinajstić information content (AvgIpc) is 2.86. The van der Waals surface area contributed by atoms with Crippen molar-refractivity contribution in [2.24, 2.45) is 5.92 Å². The van der Waals surface area contributed by atoms with Gasteiger partial charge in [0.15, 0.2) is 0 Å². The lowest BCUT2D eigenvalue weighted by molar-refractivity contribution is -0.136. The minimum atomic E-state index is -3.96. The molecule has 0 radical (unpaired) electrons. The van der Waals surface area contributed by atoms with Crippen molar-refractivity contribution in [3.63, 3.8) is 0 Å². The van der Waals surface area contributed by atoms with Crippen LogP contribution in [0.25, 0.3) is 0 Å². The lowest BCUT2D eigenvalue weighted by Crippen LogP contribution is -2.52. The van der Waals surface area contributed by atoms with Crippen LogP contribution in [0.2, 0.25) is 0 Å². The zero-order valence-corrected chi connectivity index (χ0v) is 22.9. The molecule has 0 spiro atoms. The summed E-state index contributed by atoms with van der Waals surface area (Å²) < 4.78 is 43.2. The van der Waals surface area contributed by atoms with E-state index in [-0.39, 0.29) is 42.9 Å². The summed E-state index contributed by atoms with van der Waals surface area (Å²) >= 11 is 7.18. The first kappa shape index (κ1) is 26.0. The lowest BCUT2D eigenvalue weighted by atomic mass is 9.91. The van der Waals surface area contributed by atoms with Crippen LogP contribution in [-0.2, 0) is 27.7 Å². The van der Waals surface area contributed by atoms with Crippen LogP contribution in [0.5, 0.6) is 0 Å². The van der Waals surface area contributed by atoms with Gasteiger partial charge in [0.25, 0.3) is 0 Å². The van der Waals surface area contributed by atoms with Gasteiger partial charge >= 0.3 is 0 Å². The van der Waals surface area contributed by atoms with Gasteiger partial charge in [0.2, 0.25) is 15.9 Å². The van der Waals surface area contributed by atoms with Gasteiger partial charge in [-0.15, -0.1) is 0 Å². The molecule has 1 heterocycles. The molecule has 1 aliphatic heterocycles. The maximum absolute atomic E-state index is 14.2. The van der Waals surface area contributed by atoms with Gasteiger partial charge in [-0.25, -0.2) is 12.8 Å². The van der Waals surface area contributed by atoms with Gasteiger partial charge in [-0.3, -0.25) is 4.79 Å². The molecule has 3 aromatic carbocycles. The molecule has 1 fully saturated rings. The third kappa shape index (κ3) is 6.02. The molecule has 0 aromatic heterocycles. The van der Waals surface area contributed by atoms with Gasteiger partial charge in [0.1, 0.15) is 10.7 Å². The average molecular weight is 624 g/mol. The number of carbonyl (C=O) groups is 1. The second kappa shape index (κ2) is 11.3. The van der Waals surface area contributed by atoms with Crippen LogP contribution in [0, 0.1) is 11.7 Å². The van der Waals surface area contributed by atoms with Gasteiger partial charge < -0.3 is 4.90 Å². The minimum absolute atomic E-state index is 0.0144. The predicted molar refractivity (Wildman–Crippen MR) is 141 cm³/mol. The zero-order valence-electron chi connectivity index (χ0n) is 18.9. The van der Waals surface area contributed by atoms with E-state index < -0.39 is 15.8 Å². The fourth-order valence-electron chi connectivity index (χ4n) is 4.31. The number of benzene rings is 3. The molecule has 0 bridgehead atoms. The number of carbonyl (C=O) groups excluding carboxylic acids is 1. The Kier molecular flexibility index (Phi) is 8.42. The van der Waals surface area contributed by atoms with E-state index in [9.17, 15) is 17.6 Å². The molecule has 1 saturated heterocycles. The molecule has 1 amide bonds. The molecule has 184 valence electrons. The van der Waals surface area contributed by atoms with Crippen LogP contribution in [0.15, 0.2) is 86.6 Å². The highest BCUT2D eigenvalue weighted by molar-refractivity contribution is 9.10. The monoisotopic (exact) mass is 622 g/mol. The molecule has 0 aliphatic carbocycles. The quantitative estimate of drug-likeness (QED) is 0.360. The molecular formula is C26H25Br2FN2O3S. The number of rotatable bonds is 7. The third-order valence-electron chi connectivity index (χ3n) is 6.20. The molecule has 0 unspecified atom stereocenters. The van der Waals surface area contributed by atoms with Crippen molar-refractivity contribution in [2.75, 3.05) is 26.2 Å². The van der Waals surface area contributed by atoms with Crippen molar-refractivity contribution in [1.82, 2.24) is 9.21 Å². The van der Waals surface area contributed by atoms with Crippen LogP contribution in [0.1, 0.15) is 11.1 Å². The van der Waals surface area contributed by atoms with E-state index in [4.69, 9.17) is 0 Å². The van der Waals surface area contributed by atoms with E-state index in [0.717, 1.165) is 26.1 Å². The maximum atomic E-state index is 14.2. The van der Waals surface area contributed by atoms with E-state index in [1.54, 1.807) is 4.90 Å². The highest BCUT2D eigenvalue weighted by Gasteiger charge is 2.34. The Bertz CT molecular complexity index is 1260. The number of hydrogen-bond donors (Lipinski definition) is 0. The summed E-state index contributed by atoms with van der Waals surface area (Å²) in [6.07, 6.45) is 1.10. The first-order valence-electron chi connectivity index (χ1n) is 11.3. The van der Waals surface area contributed by atoms with Crippen molar-refractivity contribution < 1.29 is 17.6 Å². The Morgan fingerprint density at radius 1 is 0.800 bits per heavy atom. The number of hydrogen-bond acceptors (Lipinski definition) is 3. The predicted octanol–water partition coefficient (Wildman–Crippen LogP) is 5.29. The molecule has 3 aromatic rings. The Morgan fingerprint density at radius 2 is 1.29 bits per heavy atom. The maximum Gasteiger partial charge on any atom is 0.246 e. The summed E-state index contributed by atoms with van der Waals surface area (Å²) in [4.78, 5) is 15.1. The van der Waals surface area contributed by atoms with Gasteiger partial charge in [-0.2, -0.15) is 4.31 Å². The van der Waals surface area contributed by atoms with E-state index in [1.807, 2.05) is 48.5 Å². The third-order valence-corrected chi connectivity index (χ3v) is 9.68. The molecule has 1 aliphatic rings. The lowest BCUT2D eigenvalue weighted by Gasteiger charge is -2.36. The molecule has 4 rings (SSSR count). The smallest absolute Gasteiger partial charge is 0.246 e. The Balaban J connectivity index is 1.51. The van der Waals surface area contributed by atoms with Crippen molar-refractivity contribution in [3.8, 4) is 0 Å². The van der Waals surface area contributed by atoms with Crippen LogP contribution in [0.4, 0.5) is 4.39 Å². The fraction of sp³-hybridized carbons (Fsp3) is 0.269. The summed E-state index contributed by atoms with van der Waals surface area (Å²) in [5.41, 5.74) is 2.08. The first-order valence-corrected chi connectivity index (χ1v) is 14.3.